The van der Waals surface area contributed by atoms with Crippen molar-refractivity contribution in [3.63, 3.8) is 0 Å². The van der Waals surface area contributed by atoms with Gasteiger partial charge >= 0.3 is 0 Å². The van der Waals surface area contributed by atoms with E-state index in [2.05, 4.69) is 29.4 Å². The zero-order valence-electron chi connectivity index (χ0n) is 10.8. The van der Waals surface area contributed by atoms with E-state index in [1.165, 1.54) is 11.3 Å². The molecule has 0 unspecified atom stereocenters. The van der Waals surface area contributed by atoms with Crippen molar-refractivity contribution in [3.05, 3.63) is 0 Å². The zero-order chi connectivity index (χ0) is 13.2. The normalized spacial score (nSPS) is 10.6. The number of thioether (sulfide) groups is 1. The number of aromatic nitrogens is 2. The molecule has 0 saturated carbocycles. The largest absolute Gasteiger partial charge is 0.372 e. The van der Waals surface area contributed by atoms with Crippen LogP contribution in [-0.4, -0.2) is 35.1 Å². The molecular formula is C11H19N3O2S2. The third-order valence-electron chi connectivity index (χ3n) is 1.96. The maximum atomic E-state index is 11.5. The number of amides is 1. The average Bonchev–Trinajstić information content (AvgIpc) is 2.80. The number of unbranched alkanes of at least 4 members (excludes halogenated alkanes) is 1. The van der Waals surface area contributed by atoms with Crippen LogP contribution in [0.15, 0.2) is 4.34 Å². The molecule has 0 bridgehead atoms. The van der Waals surface area contributed by atoms with Crippen molar-refractivity contribution in [1.82, 2.24) is 10.2 Å². The molecular weight excluding hydrogens is 270 g/mol. The highest BCUT2D eigenvalue weighted by atomic mass is 32.2. The molecule has 1 aromatic rings. The summed E-state index contributed by atoms with van der Waals surface area (Å²) < 4.78 is 6.11. The molecule has 0 radical (unpaired) electrons. The SMILES string of the molecule is CCCCOCC(=O)Nc1nnc(SCCC)s1. The standard InChI is InChI=1S/C11H19N3O2S2/c1-3-5-6-16-8-9(15)12-10-13-14-11(18-10)17-7-4-2/h3-8H2,1-2H3,(H,12,13,15). The van der Waals surface area contributed by atoms with Crippen molar-refractivity contribution in [2.75, 3.05) is 24.3 Å². The second kappa shape index (κ2) is 9.29. The Kier molecular flexibility index (Phi) is 7.95. The van der Waals surface area contributed by atoms with Crippen LogP contribution < -0.4 is 5.32 Å². The number of ether oxygens (including phenoxy) is 1. The van der Waals surface area contributed by atoms with Crippen LogP contribution in [0, 0.1) is 0 Å². The second-order valence-electron chi connectivity index (χ2n) is 3.68. The Balaban J connectivity index is 2.24. The summed E-state index contributed by atoms with van der Waals surface area (Å²) >= 11 is 3.05. The monoisotopic (exact) mass is 289 g/mol. The molecule has 0 fully saturated rings. The number of rotatable bonds is 9. The van der Waals surface area contributed by atoms with Gasteiger partial charge in [0.15, 0.2) is 4.34 Å². The molecule has 0 aliphatic rings. The van der Waals surface area contributed by atoms with Crippen molar-refractivity contribution < 1.29 is 9.53 Å². The van der Waals surface area contributed by atoms with E-state index in [-0.39, 0.29) is 12.5 Å². The summed E-state index contributed by atoms with van der Waals surface area (Å²) in [5.74, 6) is 0.845. The van der Waals surface area contributed by atoms with E-state index in [1.54, 1.807) is 11.8 Å². The highest BCUT2D eigenvalue weighted by molar-refractivity contribution is 8.01. The molecule has 0 aliphatic heterocycles. The Labute approximate surface area is 116 Å². The lowest BCUT2D eigenvalue weighted by molar-refractivity contribution is -0.120. The number of nitrogens with one attached hydrogen (secondary N) is 1. The Hall–Kier alpha value is -0.660. The van der Waals surface area contributed by atoms with E-state index in [1.807, 2.05) is 0 Å². The number of nitrogens with zero attached hydrogens (tertiary/aromatic N) is 2. The summed E-state index contributed by atoms with van der Waals surface area (Å²) in [5, 5.41) is 11.1. The first-order chi connectivity index (χ1) is 8.76. The summed E-state index contributed by atoms with van der Waals surface area (Å²) in [7, 11) is 0. The summed E-state index contributed by atoms with van der Waals surface area (Å²) in [5.41, 5.74) is 0. The number of anilines is 1. The van der Waals surface area contributed by atoms with Gasteiger partial charge in [0.2, 0.25) is 5.13 Å². The molecule has 1 heterocycles. The van der Waals surface area contributed by atoms with E-state index >= 15 is 0 Å². The quantitative estimate of drug-likeness (QED) is 0.430. The minimum absolute atomic E-state index is 0.0804. The van der Waals surface area contributed by atoms with Crippen LogP contribution in [-0.2, 0) is 9.53 Å². The predicted molar refractivity (Wildman–Crippen MR) is 75.3 cm³/mol. The van der Waals surface area contributed by atoms with Gasteiger partial charge in [-0.3, -0.25) is 10.1 Å². The van der Waals surface area contributed by atoms with Crippen molar-refractivity contribution in [1.29, 1.82) is 0 Å². The second-order valence-corrected chi connectivity index (χ2v) is 6.00. The minimum atomic E-state index is -0.172. The van der Waals surface area contributed by atoms with Gasteiger partial charge in [0, 0.05) is 12.4 Å². The molecule has 18 heavy (non-hydrogen) atoms. The Morgan fingerprint density at radius 3 is 2.94 bits per heavy atom. The number of hydrogen-bond acceptors (Lipinski definition) is 6. The number of carbonyl (C=O) groups is 1. The minimum Gasteiger partial charge on any atom is -0.372 e. The third-order valence-corrected chi connectivity index (χ3v) is 4.14. The molecule has 1 amide bonds. The van der Waals surface area contributed by atoms with E-state index < -0.39 is 0 Å². The van der Waals surface area contributed by atoms with Crippen LogP contribution in [0.25, 0.3) is 0 Å². The van der Waals surface area contributed by atoms with Gasteiger partial charge in [0.25, 0.3) is 5.91 Å². The average molecular weight is 289 g/mol. The van der Waals surface area contributed by atoms with Crippen LogP contribution in [0.1, 0.15) is 33.1 Å². The van der Waals surface area contributed by atoms with Gasteiger partial charge in [-0.15, -0.1) is 10.2 Å². The fourth-order valence-electron chi connectivity index (χ4n) is 1.07. The Morgan fingerprint density at radius 2 is 2.22 bits per heavy atom. The molecule has 0 spiro atoms. The van der Waals surface area contributed by atoms with Crippen molar-refractivity contribution in [3.8, 4) is 0 Å². The van der Waals surface area contributed by atoms with Gasteiger partial charge in [-0.05, 0) is 12.8 Å². The molecule has 1 N–H and O–H groups in total. The highest BCUT2D eigenvalue weighted by Gasteiger charge is 2.08. The van der Waals surface area contributed by atoms with Crippen LogP contribution in [0.3, 0.4) is 0 Å². The molecule has 7 heteroatoms. The Morgan fingerprint density at radius 1 is 1.39 bits per heavy atom. The van der Waals surface area contributed by atoms with Crippen molar-refractivity contribution in [2.45, 2.75) is 37.4 Å². The lowest BCUT2D eigenvalue weighted by Gasteiger charge is -2.02. The van der Waals surface area contributed by atoms with Crippen LogP contribution in [0.4, 0.5) is 5.13 Å². The first kappa shape index (κ1) is 15.4. The summed E-state index contributed by atoms with van der Waals surface area (Å²) in [6.07, 6.45) is 3.14. The zero-order valence-corrected chi connectivity index (χ0v) is 12.4. The van der Waals surface area contributed by atoms with Crippen LogP contribution >= 0.6 is 23.1 Å². The fourth-order valence-corrected chi connectivity index (χ4v) is 2.77. The Bertz CT molecular complexity index is 358. The molecule has 0 saturated heterocycles. The van der Waals surface area contributed by atoms with Gasteiger partial charge in [0.1, 0.15) is 6.61 Å². The lowest BCUT2D eigenvalue weighted by atomic mass is 10.4. The first-order valence-electron chi connectivity index (χ1n) is 6.10. The molecule has 0 atom stereocenters. The van der Waals surface area contributed by atoms with Crippen LogP contribution in [0.2, 0.25) is 0 Å². The van der Waals surface area contributed by atoms with E-state index in [9.17, 15) is 4.79 Å². The molecule has 102 valence electrons. The van der Waals surface area contributed by atoms with E-state index in [0.29, 0.717) is 11.7 Å². The smallest absolute Gasteiger partial charge is 0.252 e. The lowest BCUT2D eigenvalue weighted by Crippen LogP contribution is -2.18. The predicted octanol–water partition coefficient (Wildman–Crippen LogP) is 2.80. The van der Waals surface area contributed by atoms with Gasteiger partial charge in [-0.2, -0.15) is 0 Å². The third kappa shape index (κ3) is 6.32. The molecule has 1 aromatic heterocycles. The van der Waals surface area contributed by atoms with Crippen molar-refractivity contribution >= 4 is 34.1 Å². The molecule has 0 aromatic carbocycles. The van der Waals surface area contributed by atoms with Gasteiger partial charge in [-0.25, -0.2) is 0 Å². The highest BCUT2D eigenvalue weighted by Crippen LogP contribution is 2.25. The van der Waals surface area contributed by atoms with Gasteiger partial charge in [0.05, 0.1) is 0 Å². The number of hydrogen-bond donors (Lipinski definition) is 1. The first-order valence-corrected chi connectivity index (χ1v) is 7.90. The maximum absolute atomic E-state index is 11.5. The fraction of sp³-hybridized carbons (Fsp3) is 0.727. The summed E-state index contributed by atoms with van der Waals surface area (Å²) in [4.78, 5) is 11.5. The number of carbonyl (C=O) groups excluding carboxylic acids is 1. The van der Waals surface area contributed by atoms with Crippen molar-refractivity contribution in [2.24, 2.45) is 0 Å². The molecule has 0 aliphatic carbocycles. The van der Waals surface area contributed by atoms with E-state index in [0.717, 1.165) is 29.4 Å². The van der Waals surface area contributed by atoms with Crippen LogP contribution in [0.5, 0.6) is 0 Å². The maximum Gasteiger partial charge on any atom is 0.252 e. The van der Waals surface area contributed by atoms with Gasteiger partial charge in [-0.1, -0.05) is 43.4 Å². The summed E-state index contributed by atoms with van der Waals surface area (Å²) in [6, 6.07) is 0. The van der Waals surface area contributed by atoms with Gasteiger partial charge < -0.3 is 4.74 Å². The topological polar surface area (TPSA) is 64.1 Å². The summed E-state index contributed by atoms with van der Waals surface area (Å²) in [6.45, 7) is 4.90. The molecule has 5 nitrogen and oxygen atoms in total. The van der Waals surface area contributed by atoms with E-state index in [4.69, 9.17) is 4.74 Å². The molecule has 1 rings (SSSR count).